The summed E-state index contributed by atoms with van der Waals surface area (Å²) in [5, 5.41) is 10.4. The van der Waals surface area contributed by atoms with Crippen LogP contribution in [0.2, 0.25) is 0 Å². The molecule has 0 aliphatic carbocycles. The van der Waals surface area contributed by atoms with E-state index in [9.17, 15) is 9.50 Å². The van der Waals surface area contributed by atoms with Gasteiger partial charge in [0.05, 0.1) is 11.9 Å². The zero-order chi connectivity index (χ0) is 13.2. The molecule has 0 bridgehead atoms. The second-order valence-electron chi connectivity index (χ2n) is 4.53. The zero-order valence-electron chi connectivity index (χ0n) is 10.5. The lowest BCUT2D eigenvalue weighted by molar-refractivity contribution is 0.0537. The molecule has 0 amide bonds. The molecule has 18 heavy (non-hydrogen) atoms. The molecule has 2 nitrogen and oxygen atoms in total. The zero-order valence-corrected chi connectivity index (χ0v) is 11.3. The molecular formula is C14H16FNOS. The molecule has 4 heteroatoms. The van der Waals surface area contributed by atoms with Crippen LogP contribution in [0.3, 0.4) is 0 Å². The summed E-state index contributed by atoms with van der Waals surface area (Å²) in [6.45, 7) is 3.81. The van der Waals surface area contributed by atoms with Gasteiger partial charge >= 0.3 is 0 Å². The molecule has 0 aliphatic heterocycles. The molecule has 1 unspecified atom stereocenters. The van der Waals surface area contributed by atoms with Crippen LogP contribution in [0.4, 0.5) is 4.39 Å². The molecule has 0 aromatic carbocycles. The van der Waals surface area contributed by atoms with E-state index >= 15 is 0 Å². The summed E-state index contributed by atoms with van der Waals surface area (Å²) in [6, 6.07) is 6.96. The van der Waals surface area contributed by atoms with E-state index in [1.165, 1.54) is 17.0 Å². The predicted molar refractivity (Wildman–Crippen MR) is 71.2 cm³/mol. The standard InChI is InChI=1S/C14H16FNOS/c1-3-11-5-6-12(18-11)8-14(2,17)13-7-4-10(15)9-16-13/h4-7,9,17H,3,8H2,1-2H3. The van der Waals surface area contributed by atoms with Crippen molar-refractivity contribution in [2.45, 2.75) is 32.3 Å². The van der Waals surface area contributed by atoms with Gasteiger partial charge in [0.15, 0.2) is 0 Å². The molecule has 1 atom stereocenters. The van der Waals surface area contributed by atoms with Crippen molar-refractivity contribution < 1.29 is 9.50 Å². The first-order chi connectivity index (χ1) is 8.51. The fraction of sp³-hybridized carbons (Fsp3) is 0.357. The van der Waals surface area contributed by atoms with Gasteiger partial charge in [-0.2, -0.15) is 0 Å². The van der Waals surface area contributed by atoms with Crippen LogP contribution in [0, 0.1) is 5.82 Å². The van der Waals surface area contributed by atoms with E-state index in [0.717, 1.165) is 17.5 Å². The van der Waals surface area contributed by atoms with Gasteiger partial charge < -0.3 is 5.11 Å². The highest BCUT2D eigenvalue weighted by molar-refractivity contribution is 7.12. The van der Waals surface area contributed by atoms with Crippen LogP contribution in [0.25, 0.3) is 0 Å². The number of hydrogen-bond donors (Lipinski definition) is 1. The van der Waals surface area contributed by atoms with E-state index in [1.54, 1.807) is 18.3 Å². The van der Waals surface area contributed by atoms with E-state index in [2.05, 4.69) is 18.0 Å². The van der Waals surface area contributed by atoms with Gasteiger partial charge in [-0.15, -0.1) is 11.3 Å². The number of pyridine rings is 1. The van der Waals surface area contributed by atoms with E-state index in [4.69, 9.17) is 0 Å². The number of halogens is 1. The fourth-order valence-electron chi connectivity index (χ4n) is 1.83. The van der Waals surface area contributed by atoms with Gasteiger partial charge in [0.1, 0.15) is 11.4 Å². The van der Waals surface area contributed by atoms with E-state index < -0.39 is 5.60 Å². The van der Waals surface area contributed by atoms with Crippen LogP contribution < -0.4 is 0 Å². The van der Waals surface area contributed by atoms with E-state index in [0.29, 0.717) is 12.1 Å². The van der Waals surface area contributed by atoms with Crippen molar-refractivity contribution in [2.24, 2.45) is 0 Å². The monoisotopic (exact) mass is 265 g/mol. The Morgan fingerprint density at radius 1 is 1.28 bits per heavy atom. The third-order valence-electron chi connectivity index (χ3n) is 2.86. The summed E-state index contributed by atoms with van der Waals surface area (Å²) in [6.07, 6.45) is 2.63. The Balaban J connectivity index is 2.18. The quantitative estimate of drug-likeness (QED) is 0.920. The minimum absolute atomic E-state index is 0.390. The lowest BCUT2D eigenvalue weighted by Gasteiger charge is -2.21. The van der Waals surface area contributed by atoms with E-state index in [-0.39, 0.29) is 5.82 Å². The van der Waals surface area contributed by atoms with Crippen LogP contribution in [-0.4, -0.2) is 10.1 Å². The Hall–Kier alpha value is -1.26. The van der Waals surface area contributed by atoms with Gasteiger partial charge in [-0.25, -0.2) is 4.39 Å². The van der Waals surface area contributed by atoms with Crippen LogP contribution in [0.15, 0.2) is 30.5 Å². The number of rotatable bonds is 4. The number of aliphatic hydroxyl groups is 1. The average Bonchev–Trinajstić information content (AvgIpc) is 2.76. The van der Waals surface area contributed by atoms with Gasteiger partial charge in [-0.1, -0.05) is 6.92 Å². The molecule has 2 aromatic rings. The highest BCUT2D eigenvalue weighted by atomic mass is 32.1. The average molecular weight is 265 g/mol. The van der Waals surface area contributed by atoms with Gasteiger partial charge in [-0.3, -0.25) is 4.98 Å². The second-order valence-corrected chi connectivity index (χ2v) is 5.79. The molecule has 0 aliphatic rings. The smallest absolute Gasteiger partial charge is 0.141 e. The molecule has 2 aromatic heterocycles. The van der Waals surface area contributed by atoms with Crippen molar-refractivity contribution in [3.05, 3.63) is 51.7 Å². The van der Waals surface area contributed by atoms with Gasteiger partial charge in [-0.05, 0) is 37.6 Å². The largest absolute Gasteiger partial charge is 0.383 e. The minimum atomic E-state index is -1.07. The first-order valence-electron chi connectivity index (χ1n) is 5.93. The van der Waals surface area contributed by atoms with Crippen molar-refractivity contribution in [1.82, 2.24) is 4.98 Å². The Morgan fingerprint density at radius 3 is 2.56 bits per heavy atom. The second kappa shape index (κ2) is 5.16. The number of thiophene rings is 1. The van der Waals surface area contributed by atoms with Crippen LogP contribution >= 0.6 is 11.3 Å². The first-order valence-corrected chi connectivity index (χ1v) is 6.75. The Kier molecular flexibility index (Phi) is 3.78. The van der Waals surface area contributed by atoms with Gasteiger partial charge in [0.2, 0.25) is 0 Å². The molecule has 1 N–H and O–H groups in total. The summed E-state index contributed by atoms with van der Waals surface area (Å²) in [5.41, 5.74) is -0.570. The lowest BCUT2D eigenvalue weighted by atomic mass is 9.96. The Labute approximate surface area is 110 Å². The maximum Gasteiger partial charge on any atom is 0.141 e. The molecule has 0 spiro atoms. The molecule has 2 heterocycles. The first kappa shape index (κ1) is 13.2. The summed E-state index contributed by atoms with van der Waals surface area (Å²) in [7, 11) is 0. The van der Waals surface area contributed by atoms with Crippen LogP contribution in [-0.2, 0) is 18.4 Å². The normalized spacial score (nSPS) is 14.4. The number of aryl methyl sites for hydroxylation is 1. The third kappa shape index (κ3) is 2.94. The lowest BCUT2D eigenvalue weighted by Crippen LogP contribution is -2.25. The SMILES string of the molecule is CCc1ccc(CC(C)(O)c2ccc(F)cn2)s1. The van der Waals surface area contributed by atoms with Crippen molar-refractivity contribution in [2.75, 3.05) is 0 Å². The third-order valence-corrected chi connectivity index (χ3v) is 4.09. The highest BCUT2D eigenvalue weighted by Gasteiger charge is 2.25. The molecule has 0 fully saturated rings. The topological polar surface area (TPSA) is 33.1 Å². The van der Waals surface area contributed by atoms with Crippen LogP contribution in [0.1, 0.15) is 29.3 Å². The molecule has 2 rings (SSSR count). The van der Waals surface area contributed by atoms with Crippen molar-refractivity contribution in [3.63, 3.8) is 0 Å². The highest BCUT2D eigenvalue weighted by Crippen LogP contribution is 2.27. The van der Waals surface area contributed by atoms with Gasteiger partial charge in [0, 0.05) is 16.2 Å². The summed E-state index contributed by atoms with van der Waals surface area (Å²) in [5.74, 6) is -0.390. The molecule has 96 valence electrons. The number of hydrogen-bond acceptors (Lipinski definition) is 3. The predicted octanol–water partition coefficient (Wildman–Crippen LogP) is 3.29. The Morgan fingerprint density at radius 2 is 2.00 bits per heavy atom. The Bertz CT molecular complexity index is 519. The maximum atomic E-state index is 12.8. The molecular weight excluding hydrogens is 249 g/mol. The molecule has 0 saturated carbocycles. The molecule has 0 saturated heterocycles. The van der Waals surface area contributed by atoms with Crippen molar-refractivity contribution in [1.29, 1.82) is 0 Å². The number of aromatic nitrogens is 1. The summed E-state index contributed by atoms with van der Waals surface area (Å²) >= 11 is 1.70. The fourth-order valence-corrected chi connectivity index (χ4v) is 2.94. The van der Waals surface area contributed by atoms with Crippen molar-refractivity contribution in [3.8, 4) is 0 Å². The van der Waals surface area contributed by atoms with E-state index in [1.807, 2.05) is 6.07 Å². The minimum Gasteiger partial charge on any atom is -0.383 e. The number of nitrogens with zero attached hydrogens (tertiary/aromatic N) is 1. The van der Waals surface area contributed by atoms with Crippen LogP contribution in [0.5, 0.6) is 0 Å². The summed E-state index contributed by atoms with van der Waals surface area (Å²) < 4.78 is 12.8. The maximum absolute atomic E-state index is 12.8. The van der Waals surface area contributed by atoms with Gasteiger partial charge in [0.25, 0.3) is 0 Å². The summed E-state index contributed by atoms with van der Waals surface area (Å²) in [4.78, 5) is 6.37. The molecule has 0 radical (unpaired) electrons. The van der Waals surface area contributed by atoms with Crippen molar-refractivity contribution >= 4 is 11.3 Å².